The molecule has 0 saturated heterocycles. The molecular weight excluding hydrogens is 233 g/mol. The van der Waals surface area contributed by atoms with Gasteiger partial charge in [0, 0.05) is 5.39 Å². The van der Waals surface area contributed by atoms with E-state index in [0.717, 1.165) is 16.7 Å². The van der Waals surface area contributed by atoms with Crippen LogP contribution in [-0.4, -0.2) is 17.5 Å². The van der Waals surface area contributed by atoms with E-state index in [4.69, 9.17) is 27.9 Å². The monoisotopic (exact) mass is 241 g/mol. The van der Waals surface area contributed by atoms with E-state index in [2.05, 4.69) is 4.98 Å². The van der Waals surface area contributed by atoms with Crippen LogP contribution in [0.3, 0.4) is 0 Å². The molecule has 0 N–H and O–H groups in total. The van der Waals surface area contributed by atoms with E-state index < -0.39 is 0 Å². The van der Waals surface area contributed by atoms with Crippen molar-refractivity contribution in [3.63, 3.8) is 0 Å². The molecule has 0 radical (unpaired) electrons. The molecule has 1 aromatic heterocycles. The van der Waals surface area contributed by atoms with Gasteiger partial charge in [-0.1, -0.05) is 11.6 Å². The van der Waals surface area contributed by atoms with E-state index in [0.29, 0.717) is 17.6 Å². The van der Waals surface area contributed by atoms with Crippen LogP contribution in [0, 0.1) is 0 Å². The van der Waals surface area contributed by atoms with Crippen molar-refractivity contribution in [3.8, 4) is 5.75 Å². The molecule has 0 aliphatic rings. The SMILES string of the molecule is ClCCOc1ccc2nc(Cl)ccc2c1. The van der Waals surface area contributed by atoms with Gasteiger partial charge in [0.05, 0.1) is 11.4 Å². The predicted octanol–water partition coefficient (Wildman–Crippen LogP) is 3.51. The minimum Gasteiger partial charge on any atom is -0.492 e. The first-order valence-electron chi connectivity index (χ1n) is 4.54. The summed E-state index contributed by atoms with van der Waals surface area (Å²) in [6.45, 7) is 0.508. The molecule has 0 fully saturated rings. The molecule has 0 aliphatic carbocycles. The second-order valence-corrected chi connectivity index (χ2v) is 3.79. The second-order valence-electron chi connectivity index (χ2n) is 3.03. The van der Waals surface area contributed by atoms with Crippen LogP contribution in [0.2, 0.25) is 5.15 Å². The maximum atomic E-state index is 5.78. The molecule has 0 amide bonds. The lowest BCUT2D eigenvalue weighted by molar-refractivity contribution is 0.343. The van der Waals surface area contributed by atoms with Crippen LogP contribution >= 0.6 is 23.2 Å². The van der Waals surface area contributed by atoms with Crippen molar-refractivity contribution in [2.75, 3.05) is 12.5 Å². The van der Waals surface area contributed by atoms with Crippen molar-refractivity contribution in [1.29, 1.82) is 0 Å². The van der Waals surface area contributed by atoms with Crippen LogP contribution in [-0.2, 0) is 0 Å². The molecule has 0 aliphatic heterocycles. The molecule has 2 rings (SSSR count). The molecule has 0 unspecified atom stereocenters. The van der Waals surface area contributed by atoms with Crippen LogP contribution in [0.25, 0.3) is 10.9 Å². The molecule has 2 nitrogen and oxygen atoms in total. The number of hydrogen-bond acceptors (Lipinski definition) is 2. The standard InChI is InChI=1S/C11H9Cl2NO/c12-5-6-15-9-2-3-10-8(7-9)1-4-11(13)14-10/h1-4,7H,5-6H2. The van der Waals surface area contributed by atoms with Gasteiger partial charge in [0.2, 0.25) is 0 Å². The molecule has 4 heteroatoms. The van der Waals surface area contributed by atoms with Crippen molar-refractivity contribution in [2.45, 2.75) is 0 Å². The Bertz CT molecular complexity index is 473. The smallest absolute Gasteiger partial charge is 0.129 e. The number of alkyl halides is 1. The maximum absolute atomic E-state index is 5.78. The number of aromatic nitrogens is 1. The van der Waals surface area contributed by atoms with E-state index in [1.54, 1.807) is 6.07 Å². The summed E-state index contributed by atoms with van der Waals surface area (Å²) in [4.78, 5) is 4.18. The average molecular weight is 242 g/mol. The molecule has 0 saturated carbocycles. The van der Waals surface area contributed by atoms with Crippen LogP contribution in [0.5, 0.6) is 5.75 Å². The van der Waals surface area contributed by atoms with E-state index in [-0.39, 0.29) is 0 Å². The van der Waals surface area contributed by atoms with Crippen LogP contribution in [0.1, 0.15) is 0 Å². The number of benzene rings is 1. The fourth-order valence-electron chi connectivity index (χ4n) is 1.33. The quantitative estimate of drug-likeness (QED) is 0.607. The Balaban J connectivity index is 2.34. The average Bonchev–Trinajstić information content (AvgIpc) is 2.26. The number of ether oxygens (including phenoxy) is 1. The van der Waals surface area contributed by atoms with Gasteiger partial charge < -0.3 is 4.74 Å². The third-order valence-corrected chi connectivity index (χ3v) is 2.34. The van der Waals surface area contributed by atoms with E-state index >= 15 is 0 Å². The van der Waals surface area contributed by atoms with Crippen LogP contribution < -0.4 is 4.74 Å². The highest BCUT2D eigenvalue weighted by molar-refractivity contribution is 6.29. The maximum Gasteiger partial charge on any atom is 0.129 e. The Morgan fingerprint density at radius 1 is 1.20 bits per heavy atom. The number of halogens is 2. The fraction of sp³-hybridized carbons (Fsp3) is 0.182. The minimum atomic E-state index is 0.483. The van der Waals surface area contributed by atoms with Gasteiger partial charge in [0.1, 0.15) is 17.5 Å². The summed E-state index contributed by atoms with van der Waals surface area (Å²) >= 11 is 11.3. The van der Waals surface area contributed by atoms with E-state index in [1.165, 1.54) is 0 Å². The first kappa shape index (κ1) is 10.5. The number of rotatable bonds is 3. The molecule has 0 atom stereocenters. The Labute approximate surface area is 97.8 Å². The lowest BCUT2D eigenvalue weighted by Crippen LogP contribution is -1.97. The van der Waals surface area contributed by atoms with E-state index in [9.17, 15) is 0 Å². The first-order valence-corrected chi connectivity index (χ1v) is 5.46. The summed E-state index contributed by atoms with van der Waals surface area (Å²) in [6, 6.07) is 9.33. The molecule has 1 heterocycles. The van der Waals surface area contributed by atoms with Gasteiger partial charge >= 0.3 is 0 Å². The van der Waals surface area contributed by atoms with Crippen molar-refractivity contribution < 1.29 is 4.74 Å². The van der Waals surface area contributed by atoms with Gasteiger partial charge in [-0.05, 0) is 30.3 Å². The van der Waals surface area contributed by atoms with Gasteiger partial charge in [-0.25, -0.2) is 4.98 Å². The zero-order chi connectivity index (χ0) is 10.7. The molecule has 1 aromatic carbocycles. The largest absolute Gasteiger partial charge is 0.492 e. The summed E-state index contributed by atoms with van der Waals surface area (Å²) in [6.07, 6.45) is 0. The van der Waals surface area contributed by atoms with Gasteiger partial charge in [-0.3, -0.25) is 0 Å². The van der Waals surface area contributed by atoms with Crippen molar-refractivity contribution in [3.05, 3.63) is 35.5 Å². The van der Waals surface area contributed by atoms with Crippen molar-refractivity contribution in [1.82, 2.24) is 4.98 Å². The van der Waals surface area contributed by atoms with Gasteiger partial charge in [-0.15, -0.1) is 11.6 Å². The third kappa shape index (κ3) is 2.52. The molecule has 2 aromatic rings. The highest BCUT2D eigenvalue weighted by Crippen LogP contribution is 2.21. The van der Waals surface area contributed by atoms with Gasteiger partial charge in [-0.2, -0.15) is 0 Å². The second kappa shape index (κ2) is 4.69. The third-order valence-electron chi connectivity index (χ3n) is 1.97. The topological polar surface area (TPSA) is 22.1 Å². The summed E-state index contributed by atoms with van der Waals surface area (Å²) in [5.41, 5.74) is 0.862. The van der Waals surface area contributed by atoms with Crippen LogP contribution in [0.15, 0.2) is 30.3 Å². The number of hydrogen-bond donors (Lipinski definition) is 0. The Morgan fingerprint density at radius 3 is 2.87 bits per heavy atom. The predicted molar refractivity (Wildman–Crippen MR) is 63.0 cm³/mol. The Hall–Kier alpha value is -0.990. The zero-order valence-electron chi connectivity index (χ0n) is 7.91. The first-order chi connectivity index (χ1) is 7.29. The molecule has 0 spiro atoms. The summed E-state index contributed by atoms with van der Waals surface area (Å²) < 4.78 is 5.40. The number of fused-ring (bicyclic) bond motifs is 1. The molecule has 78 valence electrons. The molecule has 0 bridgehead atoms. The molecule has 15 heavy (non-hydrogen) atoms. The summed E-state index contributed by atoms with van der Waals surface area (Å²) in [5.74, 6) is 1.28. The molecular formula is C11H9Cl2NO. The number of pyridine rings is 1. The van der Waals surface area contributed by atoms with Gasteiger partial charge in [0.15, 0.2) is 0 Å². The highest BCUT2D eigenvalue weighted by Gasteiger charge is 1.99. The summed E-state index contributed by atoms with van der Waals surface area (Å²) in [5, 5.41) is 1.50. The van der Waals surface area contributed by atoms with E-state index in [1.807, 2.05) is 24.3 Å². The zero-order valence-corrected chi connectivity index (χ0v) is 9.42. The Kier molecular flexibility index (Phi) is 3.29. The number of nitrogens with zero attached hydrogens (tertiary/aromatic N) is 1. The highest BCUT2D eigenvalue weighted by atomic mass is 35.5. The fourth-order valence-corrected chi connectivity index (χ4v) is 1.56. The normalized spacial score (nSPS) is 10.5. The Morgan fingerprint density at radius 2 is 2.07 bits per heavy atom. The van der Waals surface area contributed by atoms with Crippen molar-refractivity contribution in [2.24, 2.45) is 0 Å². The summed E-state index contributed by atoms with van der Waals surface area (Å²) in [7, 11) is 0. The lowest BCUT2D eigenvalue weighted by Gasteiger charge is -2.04. The van der Waals surface area contributed by atoms with Gasteiger partial charge in [0.25, 0.3) is 0 Å². The van der Waals surface area contributed by atoms with Crippen molar-refractivity contribution >= 4 is 34.1 Å². The lowest BCUT2D eigenvalue weighted by atomic mass is 10.2. The minimum absolute atomic E-state index is 0.483. The van der Waals surface area contributed by atoms with Crippen LogP contribution in [0.4, 0.5) is 0 Å².